The van der Waals surface area contributed by atoms with Crippen molar-refractivity contribution in [3.63, 3.8) is 0 Å². The summed E-state index contributed by atoms with van der Waals surface area (Å²) < 4.78 is 10.2. The van der Waals surface area contributed by atoms with E-state index in [0.29, 0.717) is 6.42 Å². The Kier molecular flexibility index (Phi) is 19.4. The SMILES string of the molecule is C=CCc1ccccc1OC.CC.CC.COc1ccccc1CC(O)CO. The average molecular weight is 391 g/mol. The second kappa shape index (κ2) is 19.5. The lowest BCUT2D eigenvalue weighted by Gasteiger charge is -2.10. The predicted molar refractivity (Wildman–Crippen MR) is 119 cm³/mol. The minimum absolute atomic E-state index is 0.224. The second-order valence-corrected chi connectivity index (χ2v) is 5.16. The molecule has 1 unspecified atom stereocenters. The minimum Gasteiger partial charge on any atom is -0.496 e. The summed E-state index contributed by atoms with van der Waals surface area (Å²) in [4.78, 5) is 0. The van der Waals surface area contributed by atoms with Gasteiger partial charge in [0, 0.05) is 6.42 Å². The number of ether oxygens (including phenoxy) is 2. The van der Waals surface area contributed by atoms with Gasteiger partial charge in [0.1, 0.15) is 11.5 Å². The highest BCUT2D eigenvalue weighted by molar-refractivity contribution is 5.34. The molecule has 158 valence electrons. The van der Waals surface area contributed by atoms with Crippen LogP contribution < -0.4 is 9.47 Å². The van der Waals surface area contributed by atoms with Crippen molar-refractivity contribution in [2.45, 2.75) is 46.6 Å². The highest BCUT2D eigenvalue weighted by atomic mass is 16.5. The van der Waals surface area contributed by atoms with Gasteiger partial charge in [-0.1, -0.05) is 70.2 Å². The molecule has 0 aliphatic carbocycles. The Morgan fingerprint density at radius 1 is 0.857 bits per heavy atom. The lowest BCUT2D eigenvalue weighted by Crippen LogP contribution is -2.15. The van der Waals surface area contributed by atoms with E-state index >= 15 is 0 Å². The number of hydrogen-bond donors (Lipinski definition) is 2. The number of aliphatic hydroxyl groups excluding tert-OH is 2. The van der Waals surface area contributed by atoms with Gasteiger partial charge in [-0.15, -0.1) is 6.58 Å². The Hall–Kier alpha value is -2.30. The average Bonchev–Trinajstić information content (AvgIpc) is 2.78. The fourth-order valence-electron chi connectivity index (χ4n) is 2.22. The maximum atomic E-state index is 9.23. The van der Waals surface area contributed by atoms with Crippen molar-refractivity contribution in [1.82, 2.24) is 0 Å². The minimum atomic E-state index is -0.712. The summed E-state index contributed by atoms with van der Waals surface area (Å²) in [6.07, 6.45) is 2.44. The van der Waals surface area contributed by atoms with Crippen LogP contribution in [0.1, 0.15) is 38.8 Å². The molecule has 0 fully saturated rings. The molecule has 4 heteroatoms. The van der Waals surface area contributed by atoms with E-state index in [-0.39, 0.29) is 6.61 Å². The third kappa shape index (κ3) is 11.4. The quantitative estimate of drug-likeness (QED) is 0.648. The van der Waals surface area contributed by atoms with E-state index in [9.17, 15) is 5.11 Å². The van der Waals surface area contributed by atoms with E-state index in [4.69, 9.17) is 14.6 Å². The van der Waals surface area contributed by atoms with E-state index in [1.165, 1.54) is 5.56 Å². The van der Waals surface area contributed by atoms with E-state index in [2.05, 4.69) is 6.58 Å². The molecule has 2 rings (SSSR count). The van der Waals surface area contributed by atoms with Crippen LogP contribution in [0.15, 0.2) is 61.2 Å². The van der Waals surface area contributed by atoms with Gasteiger partial charge in [-0.25, -0.2) is 0 Å². The molecule has 0 amide bonds. The molecule has 2 aromatic rings. The van der Waals surface area contributed by atoms with Crippen molar-refractivity contribution >= 4 is 0 Å². The fourth-order valence-corrected chi connectivity index (χ4v) is 2.22. The topological polar surface area (TPSA) is 58.9 Å². The molecule has 0 saturated heterocycles. The van der Waals surface area contributed by atoms with Gasteiger partial charge >= 0.3 is 0 Å². The number of aliphatic hydroxyl groups is 2. The first-order valence-electron chi connectivity index (χ1n) is 9.79. The van der Waals surface area contributed by atoms with E-state index < -0.39 is 6.10 Å². The Labute approximate surface area is 171 Å². The molecule has 0 heterocycles. The summed E-state index contributed by atoms with van der Waals surface area (Å²) >= 11 is 0. The lowest BCUT2D eigenvalue weighted by molar-refractivity contribution is 0.0950. The van der Waals surface area contributed by atoms with Gasteiger partial charge in [-0.3, -0.25) is 0 Å². The molecule has 0 radical (unpaired) electrons. The van der Waals surface area contributed by atoms with Crippen LogP contribution in [0.25, 0.3) is 0 Å². The molecule has 0 aliphatic rings. The lowest BCUT2D eigenvalue weighted by atomic mass is 10.1. The number of allylic oxidation sites excluding steroid dienone is 1. The van der Waals surface area contributed by atoms with Crippen LogP contribution in [0.4, 0.5) is 0 Å². The summed E-state index contributed by atoms with van der Waals surface area (Å²) in [7, 11) is 3.27. The van der Waals surface area contributed by atoms with Gasteiger partial charge in [0.25, 0.3) is 0 Å². The van der Waals surface area contributed by atoms with Crippen LogP contribution in [0.3, 0.4) is 0 Å². The second-order valence-electron chi connectivity index (χ2n) is 5.16. The van der Waals surface area contributed by atoms with Gasteiger partial charge in [-0.2, -0.15) is 0 Å². The summed E-state index contributed by atoms with van der Waals surface area (Å²) in [5, 5.41) is 17.9. The summed E-state index contributed by atoms with van der Waals surface area (Å²) in [5.74, 6) is 1.68. The van der Waals surface area contributed by atoms with Crippen molar-refractivity contribution in [3.8, 4) is 11.5 Å². The van der Waals surface area contributed by atoms with Crippen LogP contribution in [0.5, 0.6) is 11.5 Å². The maximum Gasteiger partial charge on any atom is 0.122 e. The standard InChI is InChI=1S/C10H14O3.C10H12O.2C2H6/c1-13-10-5-3-2-4-8(10)6-9(12)7-11;1-3-6-9-7-4-5-8-10(9)11-2;2*1-2/h2-5,9,11-12H,6-7H2,1H3;3-5,7-8H,1,6H2,2H3;2*1-2H3. The van der Waals surface area contributed by atoms with Gasteiger partial charge in [-0.05, 0) is 29.7 Å². The highest BCUT2D eigenvalue weighted by Gasteiger charge is 2.07. The third-order valence-electron chi connectivity index (χ3n) is 3.42. The van der Waals surface area contributed by atoms with Crippen molar-refractivity contribution in [2.24, 2.45) is 0 Å². The maximum absolute atomic E-state index is 9.23. The van der Waals surface area contributed by atoms with Crippen molar-refractivity contribution in [3.05, 3.63) is 72.3 Å². The van der Waals surface area contributed by atoms with Crippen LogP contribution >= 0.6 is 0 Å². The summed E-state index contributed by atoms with van der Waals surface area (Å²) in [6.45, 7) is 11.5. The van der Waals surface area contributed by atoms with Gasteiger partial charge in [0.2, 0.25) is 0 Å². The number of rotatable bonds is 7. The number of hydrogen-bond acceptors (Lipinski definition) is 4. The van der Waals surface area contributed by atoms with Crippen molar-refractivity contribution in [1.29, 1.82) is 0 Å². The zero-order valence-electron chi connectivity index (χ0n) is 18.3. The Balaban J connectivity index is 0. The van der Waals surface area contributed by atoms with Crippen molar-refractivity contribution < 1.29 is 19.7 Å². The Morgan fingerprint density at radius 3 is 1.71 bits per heavy atom. The number of benzene rings is 2. The molecule has 0 aromatic heterocycles. The van der Waals surface area contributed by atoms with Crippen LogP contribution in [-0.2, 0) is 12.8 Å². The molecule has 2 aromatic carbocycles. The Bertz CT molecular complexity index is 611. The largest absolute Gasteiger partial charge is 0.496 e. The van der Waals surface area contributed by atoms with Crippen molar-refractivity contribution in [2.75, 3.05) is 20.8 Å². The molecule has 0 saturated carbocycles. The first-order valence-corrected chi connectivity index (χ1v) is 9.79. The molecular weight excluding hydrogens is 352 g/mol. The molecule has 1 atom stereocenters. The molecular formula is C24H38O4. The van der Waals surface area contributed by atoms with Crippen LogP contribution in [-0.4, -0.2) is 37.1 Å². The highest BCUT2D eigenvalue weighted by Crippen LogP contribution is 2.19. The van der Waals surface area contributed by atoms with E-state index in [1.807, 2.05) is 82.3 Å². The summed E-state index contributed by atoms with van der Waals surface area (Å²) in [6, 6.07) is 15.4. The third-order valence-corrected chi connectivity index (χ3v) is 3.42. The monoisotopic (exact) mass is 390 g/mol. The van der Waals surface area contributed by atoms with Gasteiger partial charge < -0.3 is 19.7 Å². The molecule has 0 bridgehead atoms. The summed E-state index contributed by atoms with van der Waals surface area (Å²) in [5.41, 5.74) is 2.09. The van der Waals surface area contributed by atoms with E-state index in [0.717, 1.165) is 23.5 Å². The van der Waals surface area contributed by atoms with Crippen LogP contribution in [0, 0.1) is 0 Å². The molecule has 4 nitrogen and oxygen atoms in total. The predicted octanol–water partition coefficient (Wildman–Crippen LogP) is 5.07. The Morgan fingerprint density at radius 2 is 1.29 bits per heavy atom. The fraction of sp³-hybridized carbons (Fsp3) is 0.417. The zero-order valence-corrected chi connectivity index (χ0v) is 18.3. The molecule has 2 N–H and O–H groups in total. The molecule has 0 spiro atoms. The van der Waals surface area contributed by atoms with E-state index in [1.54, 1.807) is 14.2 Å². The zero-order chi connectivity index (χ0) is 21.8. The molecule has 0 aliphatic heterocycles. The van der Waals surface area contributed by atoms with Gasteiger partial charge in [0.15, 0.2) is 0 Å². The normalized spacial score (nSPS) is 9.86. The number of methoxy groups -OCH3 is 2. The first-order chi connectivity index (χ1) is 13.7. The smallest absolute Gasteiger partial charge is 0.122 e. The van der Waals surface area contributed by atoms with Gasteiger partial charge in [0.05, 0.1) is 26.9 Å². The number of para-hydroxylation sites is 2. The first kappa shape index (κ1) is 27.9. The molecule has 28 heavy (non-hydrogen) atoms. The van der Waals surface area contributed by atoms with Crippen LogP contribution in [0.2, 0.25) is 0 Å².